The van der Waals surface area contributed by atoms with Gasteiger partial charge in [-0.05, 0) is 42.0 Å². The minimum Gasteiger partial charge on any atom is -0.497 e. The SMILES string of the molecule is COc1ccc2[nH]cc(CN(CC(O)(Cn3cncn3)c3ccc(F)cc3F)c3ccccc3)c2c1. The van der Waals surface area contributed by atoms with Crippen LogP contribution in [0.3, 0.4) is 0 Å². The normalized spacial score (nSPS) is 13.0. The lowest BCUT2D eigenvalue weighted by Crippen LogP contribution is -2.44. The Labute approximate surface area is 206 Å². The third-order valence-corrected chi connectivity index (χ3v) is 6.23. The van der Waals surface area contributed by atoms with Crippen molar-refractivity contribution >= 4 is 16.6 Å². The highest BCUT2D eigenvalue weighted by atomic mass is 19.1. The monoisotopic (exact) mass is 489 g/mol. The highest BCUT2D eigenvalue weighted by molar-refractivity contribution is 5.85. The van der Waals surface area contributed by atoms with Gasteiger partial charge in [0.05, 0.1) is 20.2 Å². The Kier molecular flexibility index (Phi) is 6.39. The fourth-order valence-corrected chi connectivity index (χ4v) is 4.48. The highest BCUT2D eigenvalue weighted by Gasteiger charge is 2.36. The van der Waals surface area contributed by atoms with Gasteiger partial charge in [-0.3, -0.25) is 0 Å². The van der Waals surface area contributed by atoms with Gasteiger partial charge in [-0.2, -0.15) is 5.10 Å². The smallest absolute Gasteiger partial charge is 0.137 e. The molecule has 5 aromatic rings. The van der Waals surface area contributed by atoms with Crippen molar-refractivity contribution in [3.63, 3.8) is 0 Å². The third kappa shape index (κ3) is 4.78. The van der Waals surface area contributed by atoms with Crippen molar-refractivity contribution in [1.29, 1.82) is 0 Å². The van der Waals surface area contributed by atoms with Crippen molar-refractivity contribution in [2.75, 3.05) is 18.6 Å². The Morgan fingerprint density at radius 3 is 2.64 bits per heavy atom. The molecule has 184 valence electrons. The van der Waals surface area contributed by atoms with Crippen molar-refractivity contribution in [2.24, 2.45) is 0 Å². The van der Waals surface area contributed by atoms with E-state index in [-0.39, 0.29) is 18.7 Å². The van der Waals surface area contributed by atoms with E-state index in [4.69, 9.17) is 4.74 Å². The van der Waals surface area contributed by atoms with Gasteiger partial charge in [-0.15, -0.1) is 0 Å². The minimum absolute atomic E-state index is 0.00390. The van der Waals surface area contributed by atoms with Gasteiger partial charge in [-0.25, -0.2) is 18.4 Å². The van der Waals surface area contributed by atoms with E-state index < -0.39 is 17.2 Å². The first-order valence-corrected chi connectivity index (χ1v) is 11.4. The lowest BCUT2D eigenvalue weighted by atomic mass is 9.91. The first-order chi connectivity index (χ1) is 17.4. The highest BCUT2D eigenvalue weighted by Crippen LogP contribution is 2.32. The molecule has 2 aromatic heterocycles. The largest absolute Gasteiger partial charge is 0.497 e. The summed E-state index contributed by atoms with van der Waals surface area (Å²) < 4.78 is 35.6. The fraction of sp³-hybridized carbons (Fsp3) is 0.185. The zero-order valence-electron chi connectivity index (χ0n) is 19.6. The molecule has 36 heavy (non-hydrogen) atoms. The van der Waals surface area contributed by atoms with E-state index in [0.717, 1.165) is 40.0 Å². The summed E-state index contributed by atoms with van der Waals surface area (Å²) in [6.07, 6.45) is 4.70. The quantitative estimate of drug-likeness (QED) is 0.315. The van der Waals surface area contributed by atoms with Crippen LogP contribution in [-0.2, 0) is 18.7 Å². The predicted octanol–water partition coefficient (Wildman–Crippen LogP) is 4.64. The van der Waals surface area contributed by atoms with Gasteiger partial charge in [0, 0.05) is 41.0 Å². The van der Waals surface area contributed by atoms with Crippen LogP contribution in [0.25, 0.3) is 10.9 Å². The summed E-state index contributed by atoms with van der Waals surface area (Å²) in [5.74, 6) is -0.819. The average molecular weight is 490 g/mol. The van der Waals surface area contributed by atoms with Gasteiger partial charge in [0.15, 0.2) is 0 Å². The van der Waals surface area contributed by atoms with Gasteiger partial charge in [0.1, 0.15) is 35.6 Å². The van der Waals surface area contributed by atoms with Gasteiger partial charge in [-0.1, -0.05) is 24.3 Å². The van der Waals surface area contributed by atoms with Gasteiger partial charge < -0.3 is 19.7 Å². The lowest BCUT2D eigenvalue weighted by molar-refractivity contribution is 0.0182. The zero-order chi connectivity index (χ0) is 25.1. The van der Waals surface area contributed by atoms with Crippen molar-refractivity contribution in [3.8, 4) is 5.75 Å². The average Bonchev–Trinajstić information content (AvgIpc) is 3.53. The van der Waals surface area contributed by atoms with Crippen LogP contribution >= 0.6 is 0 Å². The number of hydrogen-bond donors (Lipinski definition) is 2. The maximum atomic E-state index is 15.0. The zero-order valence-corrected chi connectivity index (χ0v) is 19.6. The second kappa shape index (κ2) is 9.79. The molecule has 0 saturated heterocycles. The summed E-state index contributed by atoms with van der Waals surface area (Å²) in [4.78, 5) is 9.18. The number of rotatable bonds is 9. The molecule has 9 heteroatoms. The number of nitrogens with one attached hydrogen (secondary N) is 1. The number of anilines is 1. The molecule has 0 aliphatic carbocycles. The Morgan fingerprint density at radius 1 is 1.08 bits per heavy atom. The molecule has 5 rings (SSSR count). The number of H-pyrrole nitrogens is 1. The summed E-state index contributed by atoms with van der Waals surface area (Å²) in [6.45, 7) is 0.316. The number of nitrogens with zero attached hydrogens (tertiary/aromatic N) is 4. The topological polar surface area (TPSA) is 79.2 Å². The molecule has 0 saturated carbocycles. The molecular weight excluding hydrogens is 464 g/mol. The Morgan fingerprint density at radius 2 is 1.92 bits per heavy atom. The van der Waals surface area contributed by atoms with Crippen molar-refractivity contribution in [2.45, 2.75) is 18.7 Å². The number of aromatic amines is 1. The van der Waals surface area contributed by atoms with E-state index in [2.05, 4.69) is 15.1 Å². The van der Waals surface area contributed by atoms with Gasteiger partial charge in [0.25, 0.3) is 0 Å². The van der Waals surface area contributed by atoms with Crippen molar-refractivity contribution in [1.82, 2.24) is 19.7 Å². The summed E-state index contributed by atoms with van der Waals surface area (Å²) in [5.41, 5.74) is 0.956. The van der Waals surface area contributed by atoms with Crippen molar-refractivity contribution in [3.05, 3.63) is 108 Å². The van der Waals surface area contributed by atoms with Crippen LogP contribution in [0.5, 0.6) is 5.75 Å². The molecule has 2 N–H and O–H groups in total. The minimum atomic E-state index is -1.76. The molecule has 0 amide bonds. The molecule has 0 radical (unpaired) electrons. The summed E-state index contributed by atoms with van der Waals surface area (Å²) in [6, 6.07) is 18.5. The number of benzene rings is 3. The molecule has 7 nitrogen and oxygen atoms in total. The molecule has 3 aromatic carbocycles. The number of methoxy groups -OCH3 is 1. The molecule has 1 unspecified atom stereocenters. The second-order valence-electron chi connectivity index (χ2n) is 8.67. The molecule has 0 aliphatic rings. The summed E-state index contributed by atoms with van der Waals surface area (Å²) in [7, 11) is 1.62. The van der Waals surface area contributed by atoms with Gasteiger partial charge in [0.2, 0.25) is 0 Å². The molecular formula is C27H25F2N5O2. The number of halogens is 2. The van der Waals surface area contributed by atoms with Crippen LogP contribution in [0.15, 0.2) is 85.6 Å². The van der Waals surface area contributed by atoms with E-state index in [1.165, 1.54) is 23.4 Å². The van der Waals surface area contributed by atoms with E-state index in [0.29, 0.717) is 6.54 Å². The van der Waals surface area contributed by atoms with E-state index in [9.17, 15) is 9.50 Å². The Hall–Kier alpha value is -4.24. The maximum Gasteiger partial charge on any atom is 0.137 e. The predicted molar refractivity (Wildman–Crippen MR) is 133 cm³/mol. The summed E-state index contributed by atoms with van der Waals surface area (Å²) >= 11 is 0. The number of aliphatic hydroxyl groups is 1. The Balaban J connectivity index is 1.57. The Bertz CT molecular complexity index is 1460. The van der Waals surface area contributed by atoms with E-state index in [1.807, 2.05) is 59.6 Å². The number of fused-ring (bicyclic) bond motifs is 1. The molecule has 1 atom stereocenters. The number of hydrogen-bond acceptors (Lipinski definition) is 5. The van der Waals surface area contributed by atoms with Crippen LogP contribution in [0, 0.1) is 11.6 Å². The fourth-order valence-electron chi connectivity index (χ4n) is 4.48. The van der Waals surface area contributed by atoms with Crippen molar-refractivity contribution < 1.29 is 18.6 Å². The molecule has 0 spiro atoms. The standard InChI is InChI=1S/C27H25F2N5O2/c1-36-22-8-10-26-23(12-22)19(13-31-26)14-33(21-5-3-2-4-6-21)15-27(35,16-34-18-30-17-32-34)24-9-7-20(28)11-25(24)29/h2-13,17-18,31,35H,14-16H2,1H3. The van der Waals surface area contributed by atoms with E-state index in [1.54, 1.807) is 7.11 Å². The van der Waals surface area contributed by atoms with Crippen LogP contribution in [0.4, 0.5) is 14.5 Å². The first-order valence-electron chi connectivity index (χ1n) is 11.4. The molecule has 0 aliphatic heterocycles. The lowest BCUT2D eigenvalue weighted by Gasteiger charge is -2.36. The third-order valence-electron chi connectivity index (χ3n) is 6.23. The maximum absolute atomic E-state index is 15.0. The first kappa shape index (κ1) is 23.5. The van der Waals surface area contributed by atoms with Gasteiger partial charge >= 0.3 is 0 Å². The van der Waals surface area contributed by atoms with Crippen LogP contribution in [0.2, 0.25) is 0 Å². The molecule has 2 heterocycles. The van der Waals surface area contributed by atoms with Crippen LogP contribution < -0.4 is 9.64 Å². The second-order valence-corrected chi connectivity index (χ2v) is 8.67. The molecule has 0 bridgehead atoms. The summed E-state index contributed by atoms with van der Waals surface area (Å²) in [5, 5.41) is 17.0. The van der Waals surface area contributed by atoms with Crippen LogP contribution in [0.1, 0.15) is 11.1 Å². The number of aromatic nitrogens is 4. The number of para-hydroxylation sites is 1. The van der Waals surface area contributed by atoms with Crippen LogP contribution in [-0.4, -0.2) is 38.5 Å². The molecule has 0 fully saturated rings. The van der Waals surface area contributed by atoms with E-state index >= 15 is 4.39 Å². The number of ether oxygens (including phenoxy) is 1.